The lowest BCUT2D eigenvalue weighted by Crippen LogP contribution is -2.61. The summed E-state index contributed by atoms with van der Waals surface area (Å²) in [5.41, 5.74) is 3.47. The van der Waals surface area contributed by atoms with Crippen LogP contribution in [0, 0.1) is 5.92 Å². The number of aliphatic hydroxyl groups is 3. The molecule has 7 N–H and O–H groups in total. The highest BCUT2D eigenvalue weighted by Gasteiger charge is 2.33. The van der Waals surface area contributed by atoms with Crippen molar-refractivity contribution < 1.29 is 24.9 Å². The third kappa shape index (κ3) is 5.86. The monoisotopic (exact) mass is 277 g/mol. The van der Waals surface area contributed by atoms with Crippen LogP contribution in [0.4, 0.5) is 4.79 Å². The Morgan fingerprint density at radius 1 is 1.16 bits per heavy atom. The smallest absolute Gasteiger partial charge is 0.312 e. The predicted molar refractivity (Wildman–Crippen MR) is 68.1 cm³/mol. The van der Waals surface area contributed by atoms with Gasteiger partial charge in [0.25, 0.3) is 0 Å². The molecule has 1 unspecified atom stereocenters. The van der Waals surface area contributed by atoms with Crippen LogP contribution in [0.2, 0.25) is 0 Å². The number of aliphatic hydroxyl groups excluding tert-OH is 3. The van der Waals surface area contributed by atoms with E-state index in [1.165, 1.54) is 0 Å². The van der Waals surface area contributed by atoms with Crippen LogP contribution in [-0.4, -0.2) is 58.7 Å². The molecule has 0 aromatic rings. The largest absolute Gasteiger partial charge is 0.394 e. The zero-order chi connectivity index (χ0) is 15.1. The van der Waals surface area contributed by atoms with E-state index in [0.29, 0.717) is 6.42 Å². The third-order valence-corrected chi connectivity index (χ3v) is 2.64. The molecule has 0 rings (SSSR count). The van der Waals surface area contributed by atoms with Gasteiger partial charge in [0.15, 0.2) is 0 Å². The molecule has 0 aliphatic rings. The average Bonchev–Trinajstić information content (AvgIpc) is 2.34. The summed E-state index contributed by atoms with van der Waals surface area (Å²) in [5.74, 6) is -0.501. The van der Waals surface area contributed by atoms with Crippen LogP contribution in [0.15, 0.2) is 0 Å². The molecule has 112 valence electrons. The summed E-state index contributed by atoms with van der Waals surface area (Å²) in [5, 5.41) is 32.0. The number of urea groups is 1. The van der Waals surface area contributed by atoms with Gasteiger partial charge in [-0.1, -0.05) is 13.8 Å². The van der Waals surface area contributed by atoms with Crippen LogP contribution in [0.1, 0.15) is 20.3 Å². The Labute approximate surface area is 112 Å². The second-order valence-corrected chi connectivity index (χ2v) is 4.93. The molecule has 1 atom stereocenters. The Morgan fingerprint density at radius 3 is 1.95 bits per heavy atom. The van der Waals surface area contributed by atoms with Crippen molar-refractivity contribution in [1.29, 1.82) is 0 Å². The fourth-order valence-electron chi connectivity index (χ4n) is 1.49. The molecule has 0 radical (unpaired) electrons. The number of rotatable bonds is 8. The first-order chi connectivity index (χ1) is 8.80. The molecule has 0 fully saturated rings. The SMILES string of the molecule is CC(C)CC(NC(N)=O)C(=O)NC(CO)(CO)CO. The second kappa shape index (κ2) is 7.93. The van der Waals surface area contributed by atoms with E-state index in [1.807, 2.05) is 13.8 Å². The summed E-state index contributed by atoms with van der Waals surface area (Å²) in [7, 11) is 0. The first kappa shape index (κ1) is 17.6. The van der Waals surface area contributed by atoms with E-state index in [1.54, 1.807) is 0 Å². The van der Waals surface area contributed by atoms with Crippen molar-refractivity contribution in [2.24, 2.45) is 11.7 Å². The zero-order valence-electron chi connectivity index (χ0n) is 11.2. The van der Waals surface area contributed by atoms with Crippen molar-refractivity contribution in [3.05, 3.63) is 0 Å². The Hall–Kier alpha value is -1.38. The van der Waals surface area contributed by atoms with Crippen molar-refractivity contribution in [2.45, 2.75) is 31.8 Å². The summed E-state index contributed by atoms with van der Waals surface area (Å²) < 4.78 is 0. The van der Waals surface area contributed by atoms with E-state index in [-0.39, 0.29) is 5.92 Å². The molecule has 8 nitrogen and oxygen atoms in total. The maximum atomic E-state index is 12.0. The van der Waals surface area contributed by atoms with Gasteiger partial charge in [-0.05, 0) is 12.3 Å². The maximum absolute atomic E-state index is 12.0. The van der Waals surface area contributed by atoms with Crippen LogP contribution in [0.5, 0.6) is 0 Å². The Balaban J connectivity index is 4.83. The van der Waals surface area contributed by atoms with Crippen LogP contribution >= 0.6 is 0 Å². The van der Waals surface area contributed by atoms with Crippen molar-refractivity contribution in [3.63, 3.8) is 0 Å². The second-order valence-electron chi connectivity index (χ2n) is 4.93. The Bertz CT molecular complexity index is 296. The molecular formula is C11H23N3O5. The average molecular weight is 277 g/mol. The highest BCUT2D eigenvalue weighted by molar-refractivity contribution is 5.87. The van der Waals surface area contributed by atoms with Gasteiger partial charge in [-0.15, -0.1) is 0 Å². The molecule has 19 heavy (non-hydrogen) atoms. The molecular weight excluding hydrogens is 254 g/mol. The van der Waals surface area contributed by atoms with Crippen LogP contribution in [0.3, 0.4) is 0 Å². The number of carbonyl (C=O) groups excluding carboxylic acids is 2. The zero-order valence-corrected chi connectivity index (χ0v) is 11.2. The molecule has 0 saturated carbocycles. The lowest BCUT2D eigenvalue weighted by atomic mass is 9.99. The number of nitrogens with one attached hydrogen (secondary N) is 2. The minimum atomic E-state index is -1.52. The molecule has 0 aliphatic carbocycles. The number of hydrogen-bond acceptors (Lipinski definition) is 5. The van der Waals surface area contributed by atoms with Gasteiger partial charge in [0.05, 0.1) is 19.8 Å². The third-order valence-electron chi connectivity index (χ3n) is 2.64. The van der Waals surface area contributed by atoms with E-state index >= 15 is 0 Å². The van der Waals surface area contributed by atoms with Gasteiger partial charge in [-0.25, -0.2) is 4.79 Å². The van der Waals surface area contributed by atoms with E-state index in [2.05, 4.69) is 10.6 Å². The van der Waals surface area contributed by atoms with Crippen molar-refractivity contribution in [2.75, 3.05) is 19.8 Å². The number of nitrogens with two attached hydrogens (primary N) is 1. The van der Waals surface area contributed by atoms with Gasteiger partial charge in [-0.3, -0.25) is 4.79 Å². The molecule has 0 aromatic carbocycles. The summed E-state index contributed by atoms with van der Waals surface area (Å²) >= 11 is 0. The van der Waals surface area contributed by atoms with E-state index < -0.39 is 43.3 Å². The first-order valence-electron chi connectivity index (χ1n) is 6.00. The van der Waals surface area contributed by atoms with Crippen LogP contribution < -0.4 is 16.4 Å². The van der Waals surface area contributed by atoms with E-state index in [0.717, 1.165) is 0 Å². The molecule has 0 aromatic heterocycles. The highest BCUT2D eigenvalue weighted by Crippen LogP contribution is 2.08. The first-order valence-corrected chi connectivity index (χ1v) is 6.00. The molecule has 0 saturated heterocycles. The van der Waals surface area contributed by atoms with Crippen molar-refractivity contribution in [1.82, 2.24) is 10.6 Å². The molecule has 0 aliphatic heterocycles. The quantitative estimate of drug-likeness (QED) is 0.301. The molecule has 3 amide bonds. The number of amides is 3. The van der Waals surface area contributed by atoms with Crippen LogP contribution in [0.25, 0.3) is 0 Å². The fourth-order valence-corrected chi connectivity index (χ4v) is 1.49. The number of carbonyl (C=O) groups is 2. The van der Waals surface area contributed by atoms with E-state index in [9.17, 15) is 9.59 Å². The molecule has 0 spiro atoms. The summed E-state index contributed by atoms with van der Waals surface area (Å²) in [6, 6.07) is -1.73. The van der Waals surface area contributed by atoms with Crippen LogP contribution in [-0.2, 0) is 4.79 Å². The normalized spacial score (nSPS) is 13.2. The molecule has 0 bridgehead atoms. The lowest BCUT2D eigenvalue weighted by molar-refractivity contribution is -0.127. The standard InChI is InChI=1S/C11H23N3O5/c1-7(2)3-8(13-10(12)19)9(18)14-11(4-15,5-16)6-17/h7-8,15-17H,3-6H2,1-2H3,(H,14,18)(H3,12,13,19). The fraction of sp³-hybridized carbons (Fsp3) is 0.818. The maximum Gasteiger partial charge on any atom is 0.312 e. The number of primary amides is 1. The lowest BCUT2D eigenvalue weighted by Gasteiger charge is -2.31. The molecule has 8 heteroatoms. The number of hydrogen-bond donors (Lipinski definition) is 6. The molecule has 0 heterocycles. The summed E-state index contributed by atoms with van der Waals surface area (Å²) in [4.78, 5) is 22.8. The van der Waals surface area contributed by atoms with Gasteiger partial charge < -0.3 is 31.7 Å². The van der Waals surface area contributed by atoms with Gasteiger partial charge in [0, 0.05) is 0 Å². The van der Waals surface area contributed by atoms with Gasteiger partial charge in [0.1, 0.15) is 11.6 Å². The minimum Gasteiger partial charge on any atom is -0.394 e. The van der Waals surface area contributed by atoms with Crippen molar-refractivity contribution in [3.8, 4) is 0 Å². The predicted octanol–water partition coefficient (Wildman–Crippen LogP) is -2.10. The topological polar surface area (TPSA) is 145 Å². The minimum absolute atomic E-state index is 0.120. The highest BCUT2D eigenvalue weighted by atomic mass is 16.3. The Kier molecular flexibility index (Phi) is 7.35. The van der Waals surface area contributed by atoms with E-state index in [4.69, 9.17) is 21.1 Å². The van der Waals surface area contributed by atoms with Gasteiger partial charge in [0.2, 0.25) is 5.91 Å². The van der Waals surface area contributed by atoms with Crippen molar-refractivity contribution >= 4 is 11.9 Å². The summed E-state index contributed by atoms with van der Waals surface area (Å²) in [6.45, 7) is 1.84. The Morgan fingerprint density at radius 2 is 1.63 bits per heavy atom. The van der Waals surface area contributed by atoms with Gasteiger partial charge >= 0.3 is 6.03 Å². The van der Waals surface area contributed by atoms with Gasteiger partial charge in [-0.2, -0.15) is 0 Å². The summed E-state index contributed by atoms with van der Waals surface area (Å²) in [6.07, 6.45) is 0.340.